The van der Waals surface area contributed by atoms with Gasteiger partial charge in [0, 0.05) is 43.6 Å². The lowest BCUT2D eigenvalue weighted by Gasteiger charge is -2.34. The highest BCUT2D eigenvalue weighted by Gasteiger charge is 2.32. The Morgan fingerprint density at radius 2 is 2.30 bits per heavy atom. The minimum absolute atomic E-state index is 0.0647. The minimum atomic E-state index is -0.0680. The highest BCUT2D eigenvalue weighted by Crippen LogP contribution is 2.27. The second-order valence-electron chi connectivity index (χ2n) is 5.81. The van der Waals surface area contributed by atoms with Crippen molar-refractivity contribution in [3.8, 4) is 0 Å². The van der Waals surface area contributed by atoms with Crippen LogP contribution in [-0.4, -0.2) is 40.1 Å². The van der Waals surface area contributed by atoms with E-state index in [9.17, 15) is 4.79 Å². The van der Waals surface area contributed by atoms with Gasteiger partial charge in [-0.05, 0) is 26.8 Å². The molecule has 0 N–H and O–H groups in total. The zero-order chi connectivity index (χ0) is 16.4. The van der Waals surface area contributed by atoms with Crippen molar-refractivity contribution in [2.24, 2.45) is 0 Å². The van der Waals surface area contributed by atoms with E-state index in [1.54, 1.807) is 6.26 Å². The van der Waals surface area contributed by atoms with Crippen molar-refractivity contribution in [3.05, 3.63) is 41.4 Å². The van der Waals surface area contributed by atoms with Crippen LogP contribution in [0.2, 0.25) is 0 Å². The average Bonchev–Trinajstić information content (AvgIpc) is 3.14. The van der Waals surface area contributed by atoms with Crippen LogP contribution in [0.25, 0.3) is 0 Å². The third-order valence-corrected chi connectivity index (χ3v) is 4.40. The summed E-state index contributed by atoms with van der Waals surface area (Å²) < 4.78 is 13.0. The maximum atomic E-state index is 12.7. The first kappa shape index (κ1) is 15.8. The van der Waals surface area contributed by atoms with Gasteiger partial charge in [0.1, 0.15) is 5.82 Å². The molecule has 6 heteroatoms. The molecular weight excluding hydrogens is 294 g/mol. The molecule has 0 saturated heterocycles. The molecule has 0 aromatic carbocycles. The average molecular weight is 317 g/mol. The second kappa shape index (κ2) is 6.58. The Bertz CT molecular complexity index is 689. The number of ether oxygens (including phenoxy) is 1. The van der Waals surface area contributed by atoms with Crippen LogP contribution in [0.15, 0.2) is 22.9 Å². The van der Waals surface area contributed by atoms with Crippen LogP contribution in [0.4, 0.5) is 0 Å². The Labute approximate surface area is 136 Å². The van der Waals surface area contributed by atoms with Gasteiger partial charge < -0.3 is 18.6 Å². The normalized spacial score (nSPS) is 17.3. The molecular formula is C17H23N3O3. The maximum absolute atomic E-state index is 12.7. The summed E-state index contributed by atoms with van der Waals surface area (Å²) in [6.07, 6.45) is 4.31. The first-order valence-electron chi connectivity index (χ1n) is 8.10. The second-order valence-corrected chi connectivity index (χ2v) is 5.81. The molecule has 0 aliphatic carbocycles. The van der Waals surface area contributed by atoms with Crippen molar-refractivity contribution < 1.29 is 13.9 Å². The number of hydrogen-bond donors (Lipinski definition) is 0. The van der Waals surface area contributed by atoms with Gasteiger partial charge in [-0.3, -0.25) is 4.79 Å². The number of imidazole rings is 1. The van der Waals surface area contributed by atoms with E-state index < -0.39 is 0 Å². The highest BCUT2D eigenvalue weighted by atomic mass is 16.5. The number of hydrogen-bond acceptors (Lipinski definition) is 4. The maximum Gasteiger partial charge on any atom is 0.290 e. The minimum Gasteiger partial charge on any atom is -0.459 e. The number of aryl methyl sites for hydroxylation is 1. The number of carbonyl (C=O) groups excluding carboxylic acids is 1. The summed E-state index contributed by atoms with van der Waals surface area (Å²) in [6.45, 7) is 8.73. The van der Waals surface area contributed by atoms with Gasteiger partial charge in [-0.15, -0.1) is 0 Å². The van der Waals surface area contributed by atoms with E-state index >= 15 is 0 Å². The molecule has 0 radical (unpaired) electrons. The van der Waals surface area contributed by atoms with Crippen molar-refractivity contribution in [3.63, 3.8) is 0 Å². The van der Waals surface area contributed by atoms with Crippen LogP contribution < -0.4 is 0 Å². The van der Waals surface area contributed by atoms with E-state index in [1.165, 1.54) is 5.69 Å². The van der Waals surface area contributed by atoms with Gasteiger partial charge in [-0.25, -0.2) is 4.98 Å². The van der Waals surface area contributed by atoms with E-state index in [4.69, 9.17) is 9.15 Å². The van der Waals surface area contributed by atoms with Crippen LogP contribution >= 0.6 is 0 Å². The molecule has 0 bridgehead atoms. The lowest BCUT2D eigenvalue weighted by molar-refractivity contribution is 0.0601. The quantitative estimate of drug-likeness (QED) is 0.795. The van der Waals surface area contributed by atoms with Crippen molar-refractivity contribution >= 4 is 5.91 Å². The first-order valence-corrected chi connectivity index (χ1v) is 8.10. The largest absolute Gasteiger partial charge is 0.459 e. The Morgan fingerprint density at radius 3 is 3.00 bits per heavy atom. The molecule has 0 saturated carbocycles. The van der Waals surface area contributed by atoms with E-state index in [0.29, 0.717) is 18.9 Å². The Kier molecular flexibility index (Phi) is 4.52. The predicted octanol–water partition coefficient (Wildman–Crippen LogP) is 2.58. The Balaban J connectivity index is 1.77. The predicted molar refractivity (Wildman–Crippen MR) is 85.3 cm³/mol. The number of carbonyl (C=O) groups is 1. The Morgan fingerprint density at radius 1 is 1.48 bits per heavy atom. The van der Waals surface area contributed by atoms with Crippen molar-refractivity contribution in [2.45, 2.75) is 39.8 Å². The molecule has 2 aromatic heterocycles. The molecule has 23 heavy (non-hydrogen) atoms. The lowest BCUT2D eigenvalue weighted by atomic mass is 10.1. The smallest absolute Gasteiger partial charge is 0.290 e. The van der Waals surface area contributed by atoms with Gasteiger partial charge >= 0.3 is 0 Å². The molecule has 3 rings (SSSR count). The fourth-order valence-corrected chi connectivity index (χ4v) is 3.08. The summed E-state index contributed by atoms with van der Waals surface area (Å²) in [7, 11) is 0. The van der Waals surface area contributed by atoms with Gasteiger partial charge in [0.05, 0.1) is 18.9 Å². The van der Waals surface area contributed by atoms with Crippen molar-refractivity contribution in [1.29, 1.82) is 0 Å². The molecule has 6 nitrogen and oxygen atoms in total. The topological polar surface area (TPSA) is 60.5 Å². The number of aromatic nitrogens is 2. The molecule has 1 atom stereocenters. The van der Waals surface area contributed by atoms with Crippen molar-refractivity contribution in [1.82, 2.24) is 14.5 Å². The zero-order valence-electron chi connectivity index (χ0n) is 13.9. The third-order valence-electron chi connectivity index (χ3n) is 4.40. The van der Waals surface area contributed by atoms with E-state index in [-0.39, 0.29) is 11.9 Å². The summed E-state index contributed by atoms with van der Waals surface area (Å²) in [6, 6.07) is 1.75. The number of furan rings is 1. The number of rotatable bonds is 5. The van der Waals surface area contributed by atoms with Gasteiger partial charge in [0.2, 0.25) is 0 Å². The van der Waals surface area contributed by atoms with E-state index in [2.05, 4.69) is 9.55 Å². The summed E-state index contributed by atoms with van der Waals surface area (Å²) >= 11 is 0. The molecule has 124 valence electrons. The van der Waals surface area contributed by atoms with E-state index in [0.717, 1.165) is 31.0 Å². The van der Waals surface area contributed by atoms with Crippen LogP contribution in [0.5, 0.6) is 0 Å². The molecule has 0 fully saturated rings. The summed E-state index contributed by atoms with van der Waals surface area (Å²) in [5.41, 5.74) is 2.04. The summed E-state index contributed by atoms with van der Waals surface area (Å²) in [5.74, 6) is 1.29. The molecule has 2 aromatic rings. The van der Waals surface area contributed by atoms with Gasteiger partial charge in [0.15, 0.2) is 5.76 Å². The first-order chi connectivity index (χ1) is 11.1. The molecule has 0 unspecified atom stereocenters. The SMILES string of the molecule is CCOCCc1cnc2n1CCN(C(=O)c1occc1C)[C@H]2C. The van der Waals surface area contributed by atoms with Crippen molar-refractivity contribution in [2.75, 3.05) is 19.8 Å². The monoisotopic (exact) mass is 317 g/mol. The number of fused-ring (bicyclic) bond motifs is 1. The van der Waals surface area contributed by atoms with E-state index in [1.807, 2.05) is 37.9 Å². The molecule has 0 spiro atoms. The molecule has 1 amide bonds. The van der Waals surface area contributed by atoms with Gasteiger partial charge in [-0.2, -0.15) is 0 Å². The molecule has 3 heterocycles. The van der Waals surface area contributed by atoms with Gasteiger partial charge in [0.25, 0.3) is 5.91 Å². The van der Waals surface area contributed by atoms with Gasteiger partial charge in [-0.1, -0.05) is 0 Å². The third kappa shape index (κ3) is 2.91. The Hall–Kier alpha value is -2.08. The molecule has 1 aliphatic heterocycles. The summed E-state index contributed by atoms with van der Waals surface area (Å²) in [4.78, 5) is 19.1. The number of amides is 1. The van der Waals surface area contributed by atoms with Crippen LogP contribution in [0, 0.1) is 6.92 Å². The highest BCUT2D eigenvalue weighted by molar-refractivity contribution is 5.93. The fourth-order valence-electron chi connectivity index (χ4n) is 3.08. The lowest BCUT2D eigenvalue weighted by Crippen LogP contribution is -2.41. The van der Waals surface area contributed by atoms with Crippen LogP contribution in [0.1, 0.15) is 47.5 Å². The zero-order valence-corrected chi connectivity index (χ0v) is 13.9. The fraction of sp³-hybridized carbons (Fsp3) is 0.529. The van der Waals surface area contributed by atoms with Crippen LogP contribution in [0.3, 0.4) is 0 Å². The number of nitrogens with zero attached hydrogens (tertiary/aromatic N) is 3. The molecule has 1 aliphatic rings. The summed E-state index contributed by atoms with van der Waals surface area (Å²) in [5, 5.41) is 0. The van der Waals surface area contributed by atoms with Crippen LogP contribution in [-0.2, 0) is 17.7 Å². The standard InChI is InChI=1S/C17H23N3O3/c1-4-22-9-6-14-11-18-16-13(3)19(7-8-20(14)16)17(21)15-12(2)5-10-23-15/h5,10-11,13H,4,6-9H2,1-3H3/t13-/m0/s1.